The number of guanidine groups is 1. The molecule has 4 nitrogen and oxygen atoms in total. The lowest BCUT2D eigenvalue weighted by Crippen LogP contribution is -2.38. The highest BCUT2D eigenvalue weighted by atomic mass is 35.5. The fraction of sp³-hybridized carbons (Fsp3) is 0.400. The third-order valence-electron chi connectivity index (χ3n) is 3.20. The Morgan fingerprint density at radius 1 is 1.36 bits per heavy atom. The molecule has 0 spiro atoms. The Kier molecular flexibility index (Phi) is 6.61. The van der Waals surface area contributed by atoms with E-state index in [4.69, 9.17) is 23.2 Å². The van der Waals surface area contributed by atoms with Crippen LogP contribution in [0.1, 0.15) is 17.5 Å². The van der Waals surface area contributed by atoms with Crippen molar-refractivity contribution in [3.8, 4) is 0 Å². The van der Waals surface area contributed by atoms with Crippen molar-refractivity contribution < 1.29 is 0 Å². The molecule has 120 valence electrons. The highest BCUT2D eigenvalue weighted by molar-refractivity contribution is 7.09. The summed E-state index contributed by atoms with van der Waals surface area (Å²) in [5.74, 6) is 0.799. The van der Waals surface area contributed by atoms with Gasteiger partial charge in [-0.15, -0.1) is 11.3 Å². The molecule has 0 aliphatic carbocycles. The summed E-state index contributed by atoms with van der Waals surface area (Å²) >= 11 is 13.9. The van der Waals surface area contributed by atoms with Crippen LogP contribution in [0.25, 0.3) is 0 Å². The Hall–Kier alpha value is -1.17. The van der Waals surface area contributed by atoms with Crippen molar-refractivity contribution in [1.82, 2.24) is 15.2 Å². The van der Waals surface area contributed by atoms with Gasteiger partial charge in [0.15, 0.2) is 5.96 Å². The first kappa shape index (κ1) is 17.2. The number of halogens is 2. The number of hydrogen-bond acceptors (Lipinski definition) is 2. The van der Waals surface area contributed by atoms with E-state index in [-0.39, 0.29) is 0 Å². The van der Waals surface area contributed by atoms with Gasteiger partial charge in [0.1, 0.15) is 5.15 Å². The molecule has 0 atom stereocenters. The van der Waals surface area contributed by atoms with Crippen molar-refractivity contribution in [1.29, 1.82) is 0 Å². The molecule has 2 N–H and O–H groups in total. The summed E-state index contributed by atoms with van der Waals surface area (Å²) in [6.07, 6.45) is 0.990. The van der Waals surface area contributed by atoms with Gasteiger partial charge < -0.3 is 15.2 Å². The van der Waals surface area contributed by atoms with Crippen LogP contribution in [0.4, 0.5) is 0 Å². The molecule has 2 rings (SSSR count). The Morgan fingerprint density at radius 3 is 2.77 bits per heavy atom. The zero-order valence-corrected chi connectivity index (χ0v) is 15.0. The van der Waals surface area contributed by atoms with Crippen LogP contribution in [0.5, 0.6) is 0 Å². The predicted octanol–water partition coefficient (Wildman–Crippen LogP) is 3.69. The number of aliphatic imine (C=N–C) groups is 1. The molecule has 0 amide bonds. The van der Waals surface area contributed by atoms with E-state index in [9.17, 15) is 0 Å². The summed E-state index contributed by atoms with van der Waals surface area (Å²) in [5.41, 5.74) is 0.977. The smallest absolute Gasteiger partial charge is 0.191 e. The fourth-order valence-electron chi connectivity index (χ4n) is 2.00. The maximum absolute atomic E-state index is 6.07. The van der Waals surface area contributed by atoms with Gasteiger partial charge in [-0.05, 0) is 30.9 Å². The quantitative estimate of drug-likeness (QED) is 0.610. The number of hydrogen-bond donors (Lipinski definition) is 2. The monoisotopic (exact) mass is 358 g/mol. The number of nitrogens with one attached hydrogen (secondary N) is 2. The Labute approximate surface area is 145 Å². The van der Waals surface area contributed by atoms with E-state index in [1.807, 2.05) is 24.6 Å². The molecule has 2 heterocycles. The van der Waals surface area contributed by atoms with Crippen molar-refractivity contribution in [3.05, 3.63) is 44.3 Å². The van der Waals surface area contributed by atoms with Crippen molar-refractivity contribution in [2.45, 2.75) is 19.9 Å². The minimum absolute atomic E-state index is 0.525. The lowest BCUT2D eigenvalue weighted by Gasteiger charge is -2.11. The van der Waals surface area contributed by atoms with Crippen LogP contribution < -0.4 is 10.6 Å². The molecule has 0 bridgehead atoms. The molecule has 22 heavy (non-hydrogen) atoms. The normalized spacial score (nSPS) is 11.7. The lowest BCUT2D eigenvalue weighted by molar-refractivity contribution is 0.782. The summed E-state index contributed by atoms with van der Waals surface area (Å²) in [5, 5.41) is 9.78. The Balaban J connectivity index is 1.92. The summed E-state index contributed by atoms with van der Waals surface area (Å²) in [7, 11) is 1.89. The van der Waals surface area contributed by atoms with E-state index in [0.29, 0.717) is 16.7 Å². The van der Waals surface area contributed by atoms with Crippen molar-refractivity contribution in [2.75, 3.05) is 13.1 Å². The first-order chi connectivity index (χ1) is 10.6. The van der Waals surface area contributed by atoms with Gasteiger partial charge in [0, 0.05) is 30.7 Å². The molecule has 7 heteroatoms. The first-order valence-corrected chi connectivity index (χ1v) is 8.79. The Morgan fingerprint density at radius 2 is 2.18 bits per heavy atom. The SMILES string of the molecule is CCNC(=NCc1cc(Cl)c(Cl)n1C)NCCc1cccs1. The van der Waals surface area contributed by atoms with E-state index in [0.717, 1.165) is 31.2 Å². The minimum Gasteiger partial charge on any atom is -0.357 e. The van der Waals surface area contributed by atoms with Crippen LogP contribution in [-0.2, 0) is 20.0 Å². The average Bonchev–Trinajstić information content (AvgIpc) is 3.10. The topological polar surface area (TPSA) is 41.4 Å². The molecule has 2 aromatic heterocycles. The predicted molar refractivity (Wildman–Crippen MR) is 96.3 cm³/mol. The third kappa shape index (κ3) is 4.66. The van der Waals surface area contributed by atoms with Crippen LogP contribution in [0.3, 0.4) is 0 Å². The molecule has 0 aliphatic rings. The van der Waals surface area contributed by atoms with Crippen molar-refractivity contribution in [2.24, 2.45) is 12.0 Å². The van der Waals surface area contributed by atoms with E-state index in [1.165, 1.54) is 4.88 Å². The maximum atomic E-state index is 6.07. The second kappa shape index (κ2) is 8.46. The molecule has 0 unspecified atom stereocenters. The molecule has 0 fully saturated rings. The van der Waals surface area contributed by atoms with Gasteiger partial charge in [0.05, 0.1) is 11.6 Å². The van der Waals surface area contributed by atoms with E-state index >= 15 is 0 Å². The molecule has 2 aromatic rings. The van der Waals surface area contributed by atoms with Gasteiger partial charge in [-0.3, -0.25) is 0 Å². The Bertz CT molecular complexity index is 620. The van der Waals surface area contributed by atoms with Crippen molar-refractivity contribution >= 4 is 40.5 Å². The van der Waals surface area contributed by atoms with Gasteiger partial charge in [-0.25, -0.2) is 4.99 Å². The van der Waals surface area contributed by atoms with Gasteiger partial charge in [0.25, 0.3) is 0 Å². The average molecular weight is 359 g/mol. The number of thiophene rings is 1. The summed E-state index contributed by atoms with van der Waals surface area (Å²) in [6, 6.07) is 6.06. The third-order valence-corrected chi connectivity index (χ3v) is 4.98. The van der Waals surface area contributed by atoms with Crippen LogP contribution in [-0.4, -0.2) is 23.6 Å². The summed E-state index contributed by atoms with van der Waals surface area (Å²) in [6.45, 7) is 4.24. The summed E-state index contributed by atoms with van der Waals surface area (Å²) < 4.78 is 1.85. The summed E-state index contributed by atoms with van der Waals surface area (Å²) in [4.78, 5) is 5.94. The second-order valence-electron chi connectivity index (χ2n) is 4.78. The van der Waals surface area contributed by atoms with E-state index in [1.54, 1.807) is 11.3 Å². The maximum Gasteiger partial charge on any atom is 0.191 e. The zero-order valence-electron chi connectivity index (χ0n) is 12.7. The van der Waals surface area contributed by atoms with E-state index in [2.05, 4.69) is 33.1 Å². The number of rotatable bonds is 6. The first-order valence-electron chi connectivity index (χ1n) is 7.16. The van der Waals surface area contributed by atoms with E-state index < -0.39 is 0 Å². The van der Waals surface area contributed by atoms with Gasteiger partial charge in [-0.2, -0.15) is 0 Å². The second-order valence-corrected chi connectivity index (χ2v) is 6.58. The fourth-order valence-corrected chi connectivity index (χ4v) is 3.13. The van der Waals surface area contributed by atoms with Gasteiger partial charge >= 0.3 is 0 Å². The molecule has 0 aliphatic heterocycles. The highest BCUT2D eigenvalue weighted by Gasteiger charge is 2.08. The molecule has 0 saturated carbocycles. The number of aromatic nitrogens is 1. The minimum atomic E-state index is 0.525. The van der Waals surface area contributed by atoms with Gasteiger partial charge in [-0.1, -0.05) is 29.3 Å². The van der Waals surface area contributed by atoms with Crippen molar-refractivity contribution in [3.63, 3.8) is 0 Å². The van der Waals surface area contributed by atoms with Crippen LogP contribution in [0, 0.1) is 0 Å². The van der Waals surface area contributed by atoms with Gasteiger partial charge in [0.2, 0.25) is 0 Å². The molecule has 0 radical (unpaired) electrons. The molecular weight excluding hydrogens is 339 g/mol. The van der Waals surface area contributed by atoms with Crippen LogP contribution in [0.15, 0.2) is 28.6 Å². The zero-order chi connectivity index (χ0) is 15.9. The molecular formula is C15H20Cl2N4S. The van der Waals surface area contributed by atoms with Crippen LogP contribution in [0.2, 0.25) is 10.2 Å². The molecule has 0 aromatic carbocycles. The standard InChI is InChI=1S/C15H20Cl2N4S/c1-3-18-15(19-7-6-12-5-4-8-22-12)20-10-11-9-13(16)14(17)21(11)2/h4-5,8-9H,3,6-7,10H2,1-2H3,(H2,18,19,20). The number of nitrogens with zero attached hydrogens (tertiary/aromatic N) is 2. The highest BCUT2D eigenvalue weighted by Crippen LogP contribution is 2.25. The van der Waals surface area contributed by atoms with Crippen LogP contribution >= 0.6 is 34.5 Å². The largest absolute Gasteiger partial charge is 0.357 e. The lowest BCUT2D eigenvalue weighted by atomic mass is 10.3. The molecule has 0 saturated heterocycles.